The van der Waals surface area contributed by atoms with E-state index in [0.717, 1.165) is 39.8 Å². The summed E-state index contributed by atoms with van der Waals surface area (Å²) < 4.78 is 0. The molecule has 3 aromatic rings. The average molecular weight is 415 g/mol. The van der Waals surface area contributed by atoms with Gasteiger partial charge in [-0.15, -0.1) is 0 Å². The second-order valence-electron chi connectivity index (χ2n) is 7.24. The lowest BCUT2D eigenvalue weighted by molar-refractivity contribution is -0.123. The van der Waals surface area contributed by atoms with Crippen LogP contribution in [0.25, 0.3) is 6.08 Å². The first kappa shape index (κ1) is 20.0. The molecule has 1 fully saturated rings. The SMILES string of the molecule is Cc1ccc(CN2C(=O)S/C(=C\c3ccc(N(C)c4ccccc4)cc3)C2=O)cc1. The summed E-state index contributed by atoms with van der Waals surface area (Å²) in [6, 6.07) is 25.9. The molecule has 1 aliphatic heterocycles. The molecule has 0 aliphatic carbocycles. The van der Waals surface area contributed by atoms with E-state index in [-0.39, 0.29) is 11.1 Å². The number of aryl methyl sites for hydroxylation is 1. The van der Waals surface area contributed by atoms with Crippen molar-refractivity contribution in [2.75, 3.05) is 11.9 Å². The van der Waals surface area contributed by atoms with Gasteiger partial charge in [-0.3, -0.25) is 14.5 Å². The molecule has 2 amide bonds. The van der Waals surface area contributed by atoms with Gasteiger partial charge in [-0.2, -0.15) is 0 Å². The Hall–Kier alpha value is -3.31. The lowest BCUT2D eigenvalue weighted by atomic mass is 10.1. The number of hydrogen-bond donors (Lipinski definition) is 0. The summed E-state index contributed by atoms with van der Waals surface area (Å²) in [6.07, 6.45) is 1.78. The molecule has 150 valence electrons. The Morgan fingerprint density at radius 2 is 1.50 bits per heavy atom. The topological polar surface area (TPSA) is 40.6 Å². The molecule has 0 bridgehead atoms. The van der Waals surface area contributed by atoms with Gasteiger partial charge in [-0.05, 0) is 60.2 Å². The van der Waals surface area contributed by atoms with Gasteiger partial charge < -0.3 is 4.90 Å². The predicted octanol–water partition coefficient (Wildman–Crippen LogP) is 6.00. The first-order valence-corrected chi connectivity index (χ1v) is 10.5. The molecular formula is C25H22N2O2S. The van der Waals surface area contributed by atoms with E-state index in [1.165, 1.54) is 4.90 Å². The standard InChI is InChI=1S/C25H22N2O2S/c1-18-8-10-20(11-9-18)17-27-24(28)23(30-25(27)29)16-19-12-14-22(15-13-19)26(2)21-6-4-3-5-7-21/h3-16H,17H2,1-2H3/b23-16-. The largest absolute Gasteiger partial charge is 0.345 e. The number of thioether (sulfide) groups is 1. The van der Waals surface area contributed by atoms with Crippen molar-refractivity contribution < 1.29 is 9.59 Å². The van der Waals surface area contributed by atoms with E-state index in [0.29, 0.717) is 11.4 Å². The quantitative estimate of drug-likeness (QED) is 0.480. The maximum absolute atomic E-state index is 12.8. The zero-order valence-electron chi connectivity index (χ0n) is 16.9. The molecule has 0 saturated carbocycles. The molecule has 3 aromatic carbocycles. The highest BCUT2D eigenvalue weighted by molar-refractivity contribution is 8.18. The van der Waals surface area contributed by atoms with E-state index in [1.807, 2.05) is 80.7 Å². The molecule has 0 radical (unpaired) electrons. The van der Waals surface area contributed by atoms with Crippen molar-refractivity contribution in [2.24, 2.45) is 0 Å². The Morgan fingerprint density at radius 1 is 0.867 bits per heavy atom. The monoisotopic (exact) mass is 414 g/mol. The fourth-order valence-corrected chi connectivity index (χ4v) is 4.10. The van der Waals surface area contributed by atoms with Crippen molar-refractivity contribution in [1.82, 2.24) is 4.90 Å². The Bertz CT molecular complexity index is 1090. The molecule has 5 heteroatoms. The van der Waals surface area contributed by atoms with Gasteiger partial charge in [-0.1, -0.05) is 60.2 Å². The van der Waals surface area contributed by atoms with Crippen LogP contribution in [0.2, 0.25) is 0 Å². The second-order valence-corrected chi connectivity index (χ2v) is 8.23. The third-order valence-corrected chi connectivity index (χ3v) is 5.96. The number of anilines is 2. The Kier molecular flexibility index (Phi) is 5.72. The van der Waals surface area contributed by atoms with Gasteiger partial charge in [0.15, 0.2) is 0 Å². The van der Waals surface area contributed by atoms with E-state index >= 15 is 0 Å². The van der Waals surface area contributed by atoms with Crippen LogP contribution < -0.4 is 4.90 Å². The number of amides is 2. The van der Waals surface area contributed by atoms with Gasteiger partial charge >= 0.3 is 0 Å². The summed E-state index contributed by atoms with van der Waals surface area (Å²) in [6.45, 7) is 2.30. The number of nitrogens with zero attached hydrogens (tertiary/aromatic N) is 2. The molecule has 0 spiro atoms. The summed E-state index contributed by atoms with van der Waals surface area (Å²) >= 11 is 0.995. The zero-order valence-corrected chi connectivity index (χ0v) is 17.7. The van der Waals surface area contributed by atoms with Crippen LogP contribution in [0, 0.1) is 6.92 Å². The molecule has 0 unspecified atom stereocenters. The van der Waals surface area contributed by atoms with Crippen LogP contribution in [-0.4, -0.2) is 23.1 Å². The first-order valence-electron chi connectivity index (χ1n) is 9.71. The number of hydrogen-bond acceptors (Lipinski definition) is 4. The Balaban J connectivity index is 1.48. The van der Waals surface area contributed by atoms with Crippen LogP contribution >= 0.6 is 11.8 Å². The fraction of sp³-hybridized carbons (Fsp3) is 0.120. The minimum absolute atomic E-state index is 0.229. The lowest BCUT2D eigenvalue weighted by Crippen LogP contribution is -2.27. The number of benzene rings is 3. The van der Waals surface area contributed by atoms with E-state index in [2.05, 4.69) is 17.0 Å². The highest BCUT2D eigenvalue weighted by atomic mass is 32.2. The average Bonchev–Trinajstić information content (AvgIpc) is 3.03. The van der Waals surface area contributed by atoms with E-state index in [9.17, 15) is 9.59 Å². The molecule has 0 N–H and O–H groups in total. The molecule has 4 nitrogen and oxygen atoms in total. The normalized spacial score (nSPS) is 15.1. The number of rotatable bonds is 5. The second kappa shape index (κ2) is 8.59. The van der Waals surface area contributed by atoms with E-state index < -0.39 is 0 Å². The number of imide groups is 1. The summed E-state index contributed by atoms with van der Waals surface area (Å²) in [5.74, 6) is -0.240. The summed E-state index contributed by atoms with van der Waals surface area (Å²) in [4.78, 5) is 29.0. The van der Waals surface area contributed by atoms with Crippen molar-refractivity contribution in [3.8, 4) is 0 Å². The molecule has 1 saturated heterocycles. The third kappa shape index (κ3) is 4.31. The molecule has 0 atom stereocenters. The summed E-state index contributed by atoms with van der Waals surface area (Å²) in [5.41, 5.74) is 5.13. The minimum Gasteiger partial charge on any atom is -0.345 e. The van der Waals surface area contributed by atoms with Crippen molar-refractivity contribution in [3.63, 3.8) is 0 Å². The number of para-hydroxylation sites is 1. The maximum Gasteiger partial charge on any atom is 0.293 e. The molecule has 0 aromatic heterocycles. The predicted molar refractivity (Wildman–Crippen MR) is 124 cm³/mol. The first-order chi connectivity index (χ1) is 14.5. The van der Waals surface area contributed by atoms with Crippen LogP contribution in [0.4, 0.5) is 16.2 Å². The van der Waals surface area contributed by atoms with Gasteiger partial charge in [-0.25, -0.2) is 0 Å². The van der Waals surface area contributed by atoms with Crippen LogP contribution in [0.1, 0.15) is 16.7 Å². The smallest absolute Gasteiger partial charge is 0.293 e. The highest BCUT2D eigenvalue weighted by Crippen LogP contribution is 2.33. The molecule has 1 heterocycles. The van der Waals surface area contributed by atoms with Crippen molar-refractivity contribution in [2.45, 2.75) is 13.5 Å². The summed E-state index contributed by atoms with van der Waals surface area (Å²) in [7, 11) is 2.01. The molecule has 4 rings (SSSR count). The van der Waals surface area contributed by atoms with Gasteiger partial charge in [0.1, 0.15) is 0 Å². The van der Waals surface area contributed by atoms with Gasteiger partial charge in [0.25, 0.3) is 11.1 Å². The summed E-state index contributed by atoms with van der Waals surface area (Å²) in [5, 5.41) is -0.229. The van der Waals surface area contributed by atoms with Crippen LogP contribution in [-0.2, 0) is 11.3 Å². The van der Waals surface area contributed by atoms with Crippen LogP contribution in [0.15, 0.2) is 83.8 Å². The molecule has 30 heavy (non-hydrogen) atoms. The third-order valence-electron chi connectivity index (χ3n) is 5.06. The fourth-order valence-electron chi connectivity index (χ4n) is 3.26. The van der Waals surface area contributed by atoms with Crippen molar-refractivity contribution in [3.05, 3.63) is 100 Å². The molecule has 1 aliphatic rings. The maximum atomic E-state index is 12.8. The van der Waals surface area contributed by atoms with Crippen molar-refractivity contribution >= 4 is 40.4 Å². The lowest BCUT2D eigenvalue weighted by Gasteiger charge is -2.19. The minimum atomic E-state index is -0.240. The van der Waals surface area contributed by atoms with Crippen LogP contribution in [0.5, 0.6) is 0 Å². The highest BCUT2D eigenvalue weighted by Gasteiger charge is 2.34. The van der Waals surface area contributed by atoms with Gasteiger partial charge in [0.05, 0.1) is 11.4 Å². The van der Waals surface area contributed by atoms with E-state index in [4.69, 9.17) is 0 Å². The van der Waals surface area contributed by atoms with Crippen molar-refractivity contribution in [1.29, 1.82) is 0 Å². The zero-order chi connectivity index (χ0) is 21.1. The van der Waals surface area contributed by atoms with E-state index in [1.54, 1.807) is 6.08 Å². The van der Waals surface area contributed by atoms with Gasteiger partial charge in [0.2, 0.25) is 0 Å². The Labute approximate surface area is 180 Å². The van der Waals surface area contributed by atoms with Gasteiger partial charge in [0, 0.05) is 18.4 Å². The van der Waals surface area contributed by atoms with Crippen LogP contribution in [0.3, 0.4) is 0 Å². The molecular weight excluding hydrogens is 392 g/mol. The number of carbonyl (C=O) groups is 2. The number of carbonyl (C=O) groups excluding carboxylic acids is 2. The Morgan fingerprint density at radius 3 is 2.17 bits per heavy atom.